The first-order valence-electron chi connectivity index (χ1n) is 6.37. The van der Waals surface area contributed by atoms with Crippen molar-refractivity contribution in [2.75, 3.05) is 32.0 Å². The molecule has 120 valence electrons. The summed E-state index contributed by atoms with van der Waals surface area (Å²) in [5.74, 6) is -0.157. The van der Waals surface area contributed by atoms with Crippen LogP contribution in [0.3, 0.4) is 0 Å². The molecule has 0 aromatic heterocycles. The molecule has 0 spiro atoms. The quantitative estimate of drug-likeness (QED) is 0.824. The Labute approximate surface area is 142 Å². The van der Waals surface area contributed by atoms with Gasteiger partial charge in [0.2, 0.25) is 5.91 Å². The number of carbonyl (C=O) groups is 1. The van der Waals surface area contributed by atoms with Gasteiger partial charge in [0.25, 0.3) is 0 Å². The largest absolute Gasteiger partial charge is 0.330 e. The molecule has 1 aromatic rings. The Kier molecular flexibility index (Phi) is 8.59. The van der Waals surface area contributed by atoms with Gasteiger partial charge in [0.1, 0.15) is 0 Å². The highest BCUT2D eigenvalue weighted by molar-refractivity contribution is 6.39. The molecule has 0 aliphatic carbocycles. The van der Waals surface area contributed by atoms with Gasteiger partial charge in [0, 0.05) is 6.54 Å². The third-order valence-electron chi connectivity index (χ3n) is 2.89. The fraction of sp³-hybridized carbons (Fsp3) is 0.500. The van der Waals surface area contributed by atoms with E-state index < -0.39 is 0 Å². The number of rotatable bonds is 6. The number of para-hydroxylation sites is 1. The zero-order valence-electron chi connectivity index (χ0n) is 12.5. The van der Waals surface area contributed by atoms with E-state index in [1.807, 2.05) is 11.9 Å². The van der Waals surface area contributed by atoms with Crippen molar-refractivity contribution >= 4 is 47.2 Å². The van der Waals surface area contributed by atoms with Crippen molar-refractivity contribution in [3.05, 3.63) is 28.2 Å². The van der Waals surface area contributed by atoms with Gasteiger partial charge in [-0.1, -0.05) is 43.1 Å². The van der Waals surface area contributed by atoms with Crippen LogP contribution in [0.25, 0.3) is 0 Å². The Hall–Kier alpha value is -0.520. The molecule has 0 bridgehead atoms. The van der Waals surface area contributed by atoms with Crippen molar-refractivity contribution in [1.29, 1.82) is 0 Å². The Morgan fingerprint density at radius 2 is 1.86 bits per heavy atom. The molecule has 0 saturated heterocycles. The van der Waals surface area contributed by atoms with E-state index >= 15 is 0 Å². The third-order valence-corrected chi connectivity index (χ3v) is 3.52. The summed E-state index contributed by atoms with van der Waals surface area (Å²) in [6.45, 7) is 5.67. The topological polar surface area (TPSA) is 58.4 Å². The van der Waals surface area contributed by atoms with E-state index in [4.69, 9.17) is 28.9 Å². The Morgan fingerprint density at radius 1 is 1.33 bits per heavy atom. The van der Waals surface area contributed by atoms with E-state index in [1.165, 1.54) is 0 Å². The van der Waals surface area contributed by atoms with Crippen molar-refractivity contribution in [2.45, 2.75) is 13.8 Å². The van der Waals surface area contributed by atoms with Crippen LogP contribution in [0.5, 0.6) is 0 Å². The number of anilines is 1. The second-order valence-electron chi connectivity index (χ2n) is 5.69. The van der Waals surface area contributed by atoms with Gasteiger partial charge in [-0.2, -0.15) is 0 Å². The molecule has 1 aromatic carbocycles. The molecule has 0 radical (unpaired) electrons. The van der Waals surface area contributed by atoms with Crippen LogP contribution < -0.4 is 11.1 Å². The van der Waals surface area contributed by atoms with Gasteiger partial charge in [-0.15, -0.1) is 12.4 Å². The number of benzene rings is 1. The van der Waals surface area contributed by atoms with Gasteiger partial charge >= 0.3 is 0 Å². The lowest BCUT2D eigenvalue weighted by molar-refractivity contribution is -0.117. The molecule has 0 saturated carbocycles. The summed E-state index contributed by atoms with van der Waals surface area (Å²) >= 11 is 12.0. The van der Waals surface area contributed by atoms with E-state index in [0.717, 1.165) is 6.54 Å². The number of nitrogens with two attached hydrogens (primary N) is 1. The zero-order valence-corrected chi connectivity index (χ0v) is 14.8. The lowest BCUT2D eigenvalue weighted by atomic mass is 9.93. The standard InChI is InChI=1S/C14H21Cl2N3O.ClH/c1-14(2,8-17)9-19(3)7-12(20)18-13-10(15)5-4-6-11(13)16;/h4-6H,7-9,17H2,1-3H3,(H,18,20);1H. The maximum Gasteiger partial charge on any atom is 0.238 e. The first-order valence-corrected chi connectivity index (χ1v) is 7.13. The number of hydrogen-bond donors (Lipinski definition) is 2. The van der Waals surface area contributed by atoms with Crippen molar-refractivity contribution in [3.8, 4) is 0 Å². The average Bonchev–Trinajstić information content (AvgIpc) is 2.33. The molecule has 7 heteroatoms. The highest BCUT2D eigenvalue weighted by Gasteiger charge is 2.20. The number of likely N-dealkylation sites (N-methyl/N-ethyl adjacent to an activating group) is 1. The minimum absolute atomic E-state index is 0. The molecule has 0 aliphatic rings. The molecule has 0 fully saturated rings. The predicted molar refractivity (Wildman–Crippen MR) is 92.7 cm³/mol. The minimum Gasteiger partial charge on any atom is -0.330 e. The summed E-state index contributed by atoms with van der Waals surface area (Å²) in [5, 5.41) is 3.59. The van der Waals surface area contributed by atoms with Crippen LogP contribution in [-0.4, -0.2) is 37.5 Å². The molecule has 1 amide bonds. The molecule has 3 N–H and O–H groups in total. The van der Waals surface area contributed by atoms with Crippen LogP contribution >= 0.6 is 35.6 Å². The lowest BCUT2D eigenvalue weighted by Gasteiger charge is -2.28. The Balaban J connectivity index is 0.00000400. The second-order valence-corrected chi connectivity index (χ2v) is 6.50. The van der Waals surface area contributed by atoms with Crippen LogP contribution in [0.4, 0.5) is 5.69 Å². The van der Waals surface area contributed by atoms with Crippen molar-refractivity contribution in [3.63, 3.8) is 0 Å². The molecular weight excluding hydrogens is 333 g/mol. The first kappa shape index (κ1) is 20.5. The lowest BCUT2D eigenvalue weighted by Crippen LogP contribution is -2.40. The normalized spacial score (nSPS) is 11.2. The van der Waals surface area contributed by atoms with E-state index in [9.17, 15) is 4.79 Å². The molecule has 0 atom stereocenters. The smallest absolute Gasteiger partial charge is 0.238 e. The van der Waals surface area contributed by atoms with Crippen LogP contribution in [-0.2, 0) is 4.79 Å². The summed E-state index contributed by atoms with van der Waals surface area (Å²) in [6.07, 6.45) is 0. The van der Waals surface area contributed by atoms with Gasteiger partial charge in [-0.3, -0.25) is 9.69 Å². The number of hydrogen-bond acceptors (Lipinski definition) is 3. The average molecular weight is 355 g/mol. The van der Waals surface area contributed by atoms with Crippen molar-refractivity contribution in [1.82, 2.24) is 4.90 Å². The van der Waals surface area contributed by atoms with Gasteiger partial charge in [0.15, 0.2) is 0 Å². The molecule has 0 aliphatic heterocycles. The summed E-state index contributed by atoms with van der Waals surface area (Å²) in [7, 11) is 1.88. The number of halogens is 3. The summed E-state index contributed by atoms with van der Waals surface area (Å²) in [4.78, 5) is 13.9. The zero-order chi connectivity index (χ0) is 15.3. The summed E-state index contributed by atoms with van der Waals surface area (Å²) < 4.78 is 0. The highest BCUT2D eigenvalue weighted by Crippen LogP contribution is 2.29. The molecule has 4 nitrogen and oxygen atoms in total. The monoisotopic (exact) mass is 353 g/mol. The Morgan fingerprint density at radius 3 is 2.33 bits per heavy atom. The van der Waals surface area contributed by atoms with Crippen LogP contribution in [0.15, 0.2) is 18.2 Å². The minimum atomic E-state index is -0.157. The molecule has 0 heterocycles. The fourth-order valence-electron chi connectivity index (χ4n) is 1.89. The number of carbonyl (C=O) groups excluding carboxylic acids is 1. The number of nitrogens with one attached hydrogen (secondary N) is 1. The molecular formula is C14H22Cl3N3O. The number of nitrogens with zero attached hydrogens (tertiary/aromatic N) is 1. The van der Waals surface area contributed by atoms with Gasteiger partial charge in [-0.05, 0) is 31.1 Å². The second kappa shape index (κ2) is 8.81. The van der Waals surface area contributed by atoms with Crippen molar-refractivity contribution in [2.24, 2.45) is 11.1 Å². The molecule has 0 unspecified atom stereocenters. The van der Waals surface area contributed by atoms with Gasteiger partial charge in [-0.25, -0.2) is 0 Å². The third kappa shape index (κ3) is 6.85. The van der Waals surface area contributed by atoms with Crippen molar-refractivity contribution < 1.29 is 4.79 Å². The van der Waals surface area contributed by atoms with E-state index in [2.05, 4.69) is 19.2 Å². The van der Waals surface area contributed by atoms with Crippen LogP contribution in [0.1, 0.15) is 13.8 Å². The maximum atomic E-state index is 12.0. The SMILES string of the molecule is CN(CC(=O)Nc1c(Cl)cccc1Cl)CC(C)(C)CN.Cl. The van der Waals surface area contributed by atoms with Gasteiger partial charge in [0.05, 0.1) is 22.3 Å². The molecule has 1 rings (SSSR count). The predicted octanol–water partition coefficient (Wildman–Crippen LogP) is 3.27. The van der Waals surface area contributed by atoms with E-state index in [1.54, 1.807) is 18.2 Å². The highest BCUT2D eigenvalue weighted by atomic mass is 35.5. The first-order chi connectivity index (χ1) is 9.25. The van der Waals surface area contributed by atoms with Crippen LogP contribution in [0.2, 0.25) is 10.0 Å². The summed E-state index contributed by atoms with van der Waals surface area (Å²) in [5.41, 5.74) is 6.11. The fourth-order valence-corrected chi connectivity index (χ4v) is 2.38. The van der Waals surface area contributed by atoms with Crippen LogP contribution in [0, 0.1) is 5.41 Å². The van der Waals surface area contributed by atoms with E-state index in [0.29, 0.717) is 22.3 Å². The molecule has 21 heavy (non-hydrogen) atoms. The summed E-state index contributed by atoms with van der Waals surface area (Å²) in [6, 6.07) is 5.10. The van der Waals surface area contributed by atoms with Gasteiger partial charge < -0.3 is 11.1 Å². The maximum absolute atomic E-state index is 12.0. The Bertz CT molecular complexity index is 460. The van der Waals surface area contributed by atoms with E-state index in [-0.39, 0.29) is 30.3 Å². The number of amides is 1.